The highest BCUT2D eigenvalue weighted by molar-refractivity contribution is 7.87. The average molecular weight is 521 g/mol. The first-order chi connectivity index (χ1) is 16.9. The molecule has 0 aliphatic carbocycles. The molecule has 2 aromatic carbocycles. The van der Waals surface area contributed by atoms with Crippen LogP contribution in [0.3, 0.4) is 0 Å². The standard InChI is InChI=1S/C23H28N4O8S/c1-14(2)33-22(29)26-21(27-23(30)34-15(3)4)25-20-13-18(11-12-19(20)24-16(5)28)36(31,32)35-17-9-7-6-8-10-17/h6-15H,1-5H3,(H,24,28)(H2,25,26,27,29,30). The van der Waals surface area contributed by atoms with Crippen LogP contribution in [-0.4, -0.2) is 44.7 Å². The van der Waals surface area contributed by atoms with Crippen molar-refractivity contribution in [2.45, 2.75) is 51.7 Å². The summed E-state index contributed by atoms with van der Waals surface area (Å²) in [6.07, 6.45) is -2.95. The quantitative estimate of drug-likeness (QED) is 0.280. The first-order valence-corrected chi connectivity index (χ1v) is 12.2. The molecule has 0 bridgehead atoms. The lowest BCUT2D eigenvalue weighted by molar-refractivity contribution is -0.114. The fourth-order valence-corrected chi connectivity index (χ4v) is 3.56. The Morgan fingerprint density at radius 2 is 1.50 bits per heavy atom. The second kappa shape index (κ2) is 12.5. The van der Waals surface area contributed by atoms with Crippen LogP contribution in [0.5, 0.6) is 5.75 Å². The highest BCUT2D eigenvalue weighted by atomic mass is 32.2. The van der Waals surface area contributed by atoms with Crippen LogP contribution in [0.25, 0.3) is 0 Å². The van der Waals surface area contributed by atoms with E-state index in [0.29, 0.717) is 0 Å². The molecule has 12 nitrogen and oxygen atoms in total. The topological polar surface area (TPSA) is 161 Å². The van der Waals surface area contributed by atoms with Crippen LogP contribution >= 0.6 is 0 Å². The van der Waals surface area contributed by atoms with Gasteiger partial charge in [-0.2, -0.15) is 8.42 Å². The van der Waals surface area contributed by atoms with E-state index in [1.54, 1.807) is 45.9 Å². The largest absolute Gasteiger partial charge is 0.447 e. The van der Waals surface area contributed by atoms with Crippen LogP contribution in [0.15, 0.2) is 58.4 Å². The van der Waals surface area contributed by atoms with Crippen LogP contribution < -0.4 is 20.1 Å². The number of ether oxygens (including phenoxy) is 2. The molecule has 2 rings (SSSR count). The van der Waals surface area contributed by atoms with E-state index in [9.17, 15) is 22.8 Å². The van der Waals surface area contributed by atoms with Gasteiger partial charge in [-0.3, -0.25) is 10.1 Å². The number of hydrogen-bond donors (Lipinski definition) is 3. The number of nitrogens with zero attached hydrogens (tertiary/aromatic N) is 1. The molecule has 0 aromatic heterocycles. The molecule has 3 amide bonds. The second-order valence-electron chi connectivity index (χ2n) is 7.84. The lowest BCUT2D eigenvalue weighted by atomic mass is 10.2. The molecule has 0 aliphatic rings. The maximum Gasteiger partial charge on any atom is 0.437 e. The van der Waals surface area contributed by atoms with E-state index in [1.807, 2.05) is 0 Å². The number of benzene rings is 2. The van der Waals surface area contributed by atoms with Crippen LogP contribution in [0.4, 0.5) is 21.0 Å². The van der Waals surface area contributed by atoms with Gasteiger partial charge in [0.2, 0.25) is 11.9 Å². The zero-order valence-electron chi connectivity index (χ0n) is 20.4. The van der Waals surface area contributed by atoms with Crippen molar-refractivity contribution in [3.63, 3.8) is 0 Å². The summed E-state index contributed by atoms with van der Waals surface area (Å²) in [7, 11) is -4.29. The normalized spacial score (nSPS) is 11.6. The van der Waals surface area contributed by atoms with Crippen LogP contribution in [0, 0.1) is 0 Å². The van der Waals surface area contributed by atoms with E-state index < -0.39 is 46.4 Å². The van der Waals surface area contributed by atoms with Crippen molar-refractivity contribution in [3.8, 4) is 5.75 Å². The lowest BCUT2D eigenvalue weighted by Gasteiger charge is -2.17. The summed E-state index contributed by atoms with van der Waals surface area (Å²) >= 11 is 0. The SMILES string of the molecule is CC(=O)Nc1ccc(S(=O)(=O)Oc2ccccc2)cc1N/C(=N/C(=O)OC(C)C)NC(=O)OC(C)C. The smallest absolute Gasteiger partial charge is 0.437 e. The number of amides is 3. The number of nitrogens with one attached hydrogen (secondary N) is 3. The van der Waals surface area contributed by atoms with Crippen molar-refractivity contribution < 1.29 is 36.5 Å². The van der Waals surface area contributed by atoms with Gasteiger partial charge in [0.1, 0.15) is 10.6 Å². The molecule has 0 saturated heterocycles. The fourth-order valence-electron chi connectivity index (χ4n) is 2.61. The van der Waals surface area contributed by atoms with Crippen molar-refractivity contribution in [2.75, 3.05) is 10.6 Å². The molecule has 0 heterocycles. The van der Waals surface area contributed by atoms with E-state index in [-0.39, 0.29) is 22.0 Å². The second-order valence-corrected chi connectivity index (χ2v) is 9.38. The molecule has 0 atom stereocenters. The number of rotatable bonds is 7. The Morgan fingerprint density at radius 3 is 2.08 bits per heavy atom. The molecule has 0 saturated carbocycles. The minimum Gasteiger partial charge on any atom is -0.447 e. The summed E-state index contributed by atoms with van der Waals surface area (Å²) in [5, 5.41) is 7.43. The Morgan fingerprint density at radius 1 is 0.861 bits per heavy atom. The van der Waals surface area contributed by atoms with Crippen molar-refractivity contribution in [1.82, 2.24) is 5.32 Å². The number of hydrogen-bond acceptors (Lipinski definition) is 8. The summed E-state index contributed by atoms with van der Waals surface area (Å²) < 4.78 is 40.8. The molecule has 13 heteroatoms. The summed E-state index contributed by atoms with van der Waals surface area (Å²) in [5.74, 6) is -0.801. The van der Waals surface area contributed by atoms with Gasteiger partial charge < -0.3 is 24.3 Å². The summed E-state index contributed by atoms with van der Waals surface area (Å²) in [5.41, 5.74) is 0.106. The molecule has 3 N–H and O–H groups in total. The van der Waals surface area contributed by atoms with Gasteiger partial charge in [-0.1, -0.05) is 18.2 Å². The predicted octanol–water partition coefficient (Wildman–Crippen LogP) is 3.86. The van der Waals surface area contributed by atoms with E-state index in [1.165, 1.54) is 31.2 Å². The van der Waals surface area contributed by atoms with Gasteiger partial charge in [-0.15, -0.1) is 4.99 Å². The maximum atomic E-state index is 12.8. The maximum absolute atomic E-state index is 12.8. The zero-order valence-corrected chi connectivity index (χ0v) is 21.2. The Kier molecular flexibility index (Phi) is 9.79. The highest BCUT2D eigenvalue weighted by Gasteiger charge is 2.21. The number of anilines is 2. The number of carbonyl (C=O) groups excluding carboxylic acids is 3. The number of guanidine groups is 1. The number of alkyl carbamates (subject to hydrolysis) is 1. The Bertz CT molecular complexity index is 1230. The molecular formula is C23H28N4O8S. The predicted molar refractivity (Wildman–Crippen MR) is 132 cm³/mol. The van der Waals surface area contributed by atoms with Gasteiger partial charge in [0.15, 0.2) is 0 Å². The van der Waals surface area contributed by atoms with Crippen molar-refractivity contribution in [2.24, 2.45) is 4.99 Å². The minimum atomic E-state index is -4.29. The summed E-state index contributed by atoms with van der Waals surface area (Å²) in [6, 6.07) is 11.5. The molecule has 0 spiro atoms. The molecule has 0 unspecified atom stereocenters. The minimum absolute atomic E-state index is 0.0242. The Labute approximate surface area is 209 Å². The molecule has 194 valence electrons. The molecule has 36 heavy (non-hydrogen) atoms. The van der Waals surface area contributed by atoms with Gasteiger partial charge in [0.25, 0.3) is 0 Å². The van der Waals surface area contributed by atoms with Crippen molar-refractivity contribution in [3.05, 3.63) is 48.5 Å². The third-order valence-corrected chi connectivity index (χ3v) is 5.14. The molecule has 2 aromatic rings. The summed E-state index contributed by atoms with van der Waals surface area (Å²) in [6.45, 7) is 7.70. The van der Waals surface area contributed by atoms with Crippen LogP contribution in [0.2, 0.25) is 0 Å². The fraction of sp³-hybridized carbons (Fsp3) is 0.304. The molecule has 0 radical (unpaired) electrons. The first kappa shape index (κ1) is 28.1. The van der Waals surface area contributed by atoms with E-state index in [0.717, 1.165) is 6.07 Å². The lowest BCUT2D eigenvalue weighted by Crippen LogP contribution is -2.38. The van der Waals surface area contributed by atoms with Crippen molar-refractivity contribution >= 4 is 45.5 Å². The monoisotopic (exact) mass is 520 g/mol. The van der Waals surface area contributed by atoms with Crippen LogP contribution in [0.1, 0.15) is 34.6 Å². The number of carbonyl (C=O) groups is 3. The number of aliphatic imine (C=N–C) groups is 1. The van der Waals surface area contributed by atoms with E-state index in [2.05, 4.69) is 20.9 Å². The summed E-state index contributed by atoms with van der Waals surface area (Å²) in [4.78, 5) is 39.4. The van der Waals surface area contributed by atoms with E-state index >= 15 is 0 Å². The average Bonchev–Trinajstić information content (AvgIpc) is 2.73. The van der Waals surface area contributed by atoms with Gasteiger partial charge in [-0.25, -0.2) is 9.59 Å². The van der Waals surface area contributed by atoms with Gasteiger partial charge in [0, 0.05) is 6.92 Å². The third-order valence-electron chi connectivity index (χ3n) is 3.90. The molecule has 0 fully saturated rings. The Hall–Kier alpha value is -4.13. The third kappa shape index (κ3) is 9.25. The zero-order chi connectivity index (χ0) is 26.9. The highest BCUT2D eigenvalue weighted by Crippen LogP contribution is 2.27. The molecular weight excluding hydrogens is 492 g/mol. The van der Waals surface area contributed by atoms with Crippen molar-refractivity contribution in [1.29, 1.82) is 0 Å². The first-order valence-electron chi connectivity index (χ1n) is 10.8. The van der Waals surface area contributed by atoms with Gasteiger partial charge in [-0.05, 0) is 58.0 Å². The van der Waals surface area contributed by atoms with Gasteiger partial charge in [0.05, 0.1) is 23.6 Å². The Balaban J connectivity index is 2.47. The van der Waals surface area contributed by atoms with Crippen LogP contribution in [-0.2, 0) is 24.4 Å². The van der Waals surface area contributed by atoms with E-state index in [4.69, 9.17) is 13.7 Å². The molecule has 0 aliphatic heterocycles. The number of para-hydroxylation sites is 1. The van der Waals surface area contributed by atoms with Gasteiger partial charge >= 0.3 is 22.3 Å².